The summed E-state index contributed by atoms with van der Waals surface area (Å²) in [6.07, 6.45) is 2.75. The van der Waals surface area contributed by atoms with E-state index in [4.69, 9.17) is 9.40 Å². The third-order valence-corrected chi connectivity index (χ3v) is 7.24. The van der Waals surface area contributed by atoms with Crippen molar-refractivity contribution in [2.24, 2.45) is 0 Å². The third-order valence-electron chi connectivity index (χ3n) is 5.98. The van der Waals surface area contributed by atoms with E-state index in [0.29, 0.717) is 36.6 Å². The number of hydrogen-bond donors (Lipinski definition) is 2. The highest BCUT2D eigenvalue weighted by atomic mass is 32.1. The minimum absolute atomic E-state index is 0.0342. The fourth-order valence-electron chi connectivity index (χ4n) is 3.99. The first-order chi connectivity index (χ1) is 17.1. The minimum atomic E-state index is -0.423. The van der Waals surface area contributed by atoms with Crippen LogP contribution in [0.15, 0.2) is 34.9 Å². The minimum Gasteiger partial charge on any atom is -0.459 e. The molecule has 11 heteroatoms. The number of nitrogens with one attached hydrogen (secondary N) is 2. The summed E-state index contributed by atoms with van der Waals surface area (Å²) in [4.78, 5) is 44.2. The quantitative estimate of drug-likeness (QED) is 0.519. The fraction of sp³-hybridized carbons (Fsp3) is 0.440. The molecule has 0 unspecified atom stereocenters. The molecule has 0 spiro atoms. The lowest BCUT2D eigenvalue weighted by Crippen LogP contribution is -2.44. The first-order valence-electron chi connectivity index (χ1n) is 11.8. The second-order valence-electron chi connectivity index (χ2n) is 9.82. The first kappa shape index (κ1) is 25.5. The summed E-state index contributed by atoms with van der Waals surface area (Å²) < 4.78 is 5.05. The van der Waals surface area contributed by atoms with E-state index in [1.807, 2.05) is 33.8 Å². The summed E-state index contributed by atoms with van der Waals surface area (Å²) in [6.45, 7) is 8.97. The molecule has 0 saturated carbocycles. The average molecular weight is 511 g/mol. The van der Waals surface area contributed by atoms with Gasteiger partial charge in [-0.1, -0.05) is 32.1 Å². The number of piperidine rings is 1. The summed E-state index contributed by atoms with van der Waals surface area (Å²) in [6, 6.07) is 6.77. The summed E-state index contributed by atoms with van der Waals surface area (Å²) in [5, 5.41) is 15.1. The molecule has 4 heterocycles. The molecule has 3 aromatic heterocycles. The van der Waals surface area contributed by atoms with Gasteiger partial charge in [0.05, 0.1) is 24.1 Å². The molecule has 3 aromatic rings. The monoisotopic (exact) mass is 510 g/mol. The number of carbonyl (C=O) groups is 3. The highest BCUT2D eigenvalue weighted by Gasteiger charge is 2.29. The Balaban J connectivity index is 1.38. The molecule has 0 radical (unpaired) electrons. The predicted molar refractivity (Wildman–Crippen MR) is 135 cm³/mol. The van der Waals surface area contributed by atoms with Gasteiger partial charge in [-0.3, -0.25) is 24.7 Å². The normalized spacial score (nSPS) is 14.5. The van der Waals surface area contributed by atoms with Crippen LogP contribution in [0.1, 0.15) is 76.8 Å². The van der Waals surface area contributed by atoms with Crippen molar-refractivity contribution in [3.05, 3.63) is 58.2 Å². The molecular formula is C25H30N6O4S. The van der Waals surface area contributed by atoms with Crippen molar-refractivity contribution in [2.45, 2.75) is 51.9 Å². The van der Waals surface area contributed by atoms with E-state index < -0.39 is 5.91 Å². The second-order valence-corrected chi connectivity index (χ2v) is 10.8. The Morgan fingerprint density at radius 3 is 2.50 bits per heavy atom. The molecule has 0 atom stereocenters. The van der Waals surface area contributed by atoms with E-state index in [2.05, 4.69) is 20.8 Å². The summed E-state index contributed by atoms with van der Waals surface area (Å²) in [5.74, 6) is -0.649. The number of aryl methyl sites for hydroxylation is 1. The molecule has 0 aliphatic carbocycles. The van der Waals surface area contributed by atoms with Crippen LogP contribution in [-0.4, -0.2) is 57.4 Å². The van der Waals surface area contributed by atoms with Gasteiger partial charge in [-0.25, -0.2) is 0 Å². The molecule has 1 aliphatic heterocycles. The number of amides is 3. The molecule has 1 fully saturated rings. The van der Waals surface area contributed by atoms with Crippen LogP contribution in [0.25, 0.3) is 0 Å². The topological polar surface area (TPSA) is 130 Å². The van der Waals surface area contributed by atoms with E-state index in [0.717, 1.165) is 16.4 Å². The van der Waals surface area contributed by atoms with Crippen LogP contribution < -0.4 is 10.6 Å². The Bertz CT molecular complexity index is 1240. The van der Waals surface area contributed by atoms with Gasteiger partial charge in [0.1, 0.15) is 5.01 Å². The summed E-state index contributed by atoms with van der Waals surface area (Å²) in [5.41, 5.74) is 1.91. The maximum atomic E-state index is 13.1. The lowest BCUT2D eigenvalue weighted by Gasteiger charge is -2.32. The molecule has 3 amide bonds. The zero-order valence-corrected chi connectivity index (χ0v) is 21.6. The first-order valence-corrected chi connectivity index (χ1v) is 12.7. The van der Waals surface area contributed by atoms with Crippen molar-refractivity contribution >= 4 is 34.2 Å². The van der Waals surface area contributed by atoms with Crippen LogP contribution in [0.4, 0.5) is 5.13 Å². The van der Waals surface area contributed by atoms with Crippen molar-refractivity contribution in [2.75, 3.05) is 25.0 Å². The number of furan rings is 1. The van der Waals surface area contributed by atoms with Gasteiger partial charge in [0.25, 0.3) is 11.8 Å². The molecule has 2 N–H and O–H groups in total. The Labute approximate surface area is 213 Å². The van der Waals surface area contributed by atoms with Crippen LogP contribution >= 0.6 is 11.3 Å². The predicted octanol–water partition coefficient (Wildman–Crippen LogP) is 3.52. The lowest BCUT2D eigenvalue weighted by atomic mass is 9.89. The number of pyridine rings is 1. The summed E-state index contributed by atoms with van der Waals surface area (Å²) in [7, 11) is 0. The molecule has 4 rings (SSSR count). The van der Waals surface area contributed by atoms with Gasteiger partial charge in [0.15, 0.2) is 5.76 Å². The zero-order chi connectivity index (χ0) is 25.9. The fourth-order valence-corrected chi connectivity index (χ4v) is 4.78. The molecule has 10 nitrogen and oxygen atoms in total. The van der Waals surface area contributed by atoms with Gasteiger partial charge in [-0.2, -0.15) is 0 Å². The highest BCUT2D eigenvalue weighted by Crippen LogP contribution is 2.31. The number of carbonyl (C=O) groups excluding carboxylic acids is 3. The van der Waals surface area contributed by atoms with Gasteiger partial charge in [-0.15, -0.1) is 10.2 Å². The molecule has 1 saturated heterocycles. The zero-order valence-electron chi connectivity index (χ0n) is 20.8. The number of rotatable bonds is 6. The number of likely N-dealkylation sites (tertiary alicyclic amines) is 1. The third kappa shape index (κ3) is 5.96. The molecule has 0 bridgehead atoms. The summed E-state index contributed by atoms with van der Waals surface area (Å²) >= 11 is 1.36. The van der Waals surface area contributed by atoms with E-state index in [-0.39, 0.29) is 35.5 Å². The Hall–Kier alpha value is -3.60. The van der Waals surface area contributed by atoms with Gasteiger partial charge in [0, 0.05) is 30.1 Å². The average Bonchev–Trinajstić information content (AvgIpc) is 3.55. The van der Waals surface area contributed by atoms with Crippen LogP contribution in [0, 0.1) is 6.92 Å². The Kier molecular flexibility index (Phi) is 7.48. The van der Waals surface area contributed by atoms with Crippen molar-refractivity contribution < 1.29 is 18.8 Å². The number of nitrogens with zero attached hydrogens (tertiary/aromatic N) is 4. The maximum Gasteiger partial charge on any atom is 0.287 e. The smallest absolute Gasteiger partial charge is 0.287 e. The van der Waals surface area contributed by atoms with E-state index in [1.54, 1.807) is 23.1 Å². The van der Waals surface area contributed by atoms with Crippen LogP contribution in [0.5, 0.6) is 0 Å². The van der Waals surface area contributed by atoms with Crippen molar-refractivity contribution in [1.82, 2.24) is 25.4 Å². The SMILES string of the molecule is Cc1ccc(C(=O)Nc2nnc(C(C)(C)C)s2)c(C2CCN(C(=O)CNC(=O)c3ccco3)CC2)n1. The van der Waals surface area contributed by atoms with Crippen molar-refractivity contribution in [3.8, 4) is 0 Å². The second kappa shape index (κ2) is 10.6. The molecule has 1 aliphatic rings. The molecular weight excluding hydrogens is 480 g/mol. The van der Waals surface area contributed by atoms with Gasteiger partial charge in [-0.05, 0) is 44.0 Å². The lowest BCUT2D eigenvalue weighted by molar-refractivity contribution is -0.131. The van der Waals surface area contributed by atoms with Crippen LogP contribution in [0.2, 0.25) is 0 Å². The maximum absolute atomic E-state index is 13.1. The van der Waals surface area contributed by atoms with E-state index >= 15 is 0 Å². The molecule has 0 aromatic carbocycles. The number of hydrogen-bond acceptors (Lipinski definition) is 8. The highest BCUT2D eigenvalue weighted by molar-refractivity contribution is 7.15. The van der Waals surface area contributed by atoms with Gasteiger partial charge >= 0.3 is 0 Å². The van der Waals surface area contributed by atoms with Crippen LogP contribution in [0.3, 0.4) is 0 Å². The van der Waals surface area contributed by atoms with Gasteiger partial charge in [0.2, 0.25) is 11.0 Å². The van der Waals surface area contributed by atoms with Crippen molar-refractivity contribution in [3.63, 3.8) is 0 Å². The van der Waals surface area contributed by atoms with Gasteiger partial charge < -0.3 is 14.6 Å². The standard InChI is InChI=1S/C25H30N6O4S/c1-15-7-8-17(21(33)28-24-30-29-23(36-24)25(2,3)4)20(27-15)16-9-11-31(12-10-16)19(32)14-26-22(34)18-6-5-13-35-18/h5-8,13,16H,9-12,14H2,1-4H3,(H,26,34)(H,28,30,33). The molecule has 190 valence electrons. The molecule has 36 heavy (non-hydrogen) atoms. The number of anilines is 1. The largest absolute Gasteiger partial charge is 0.459 e. The van der Waals surface area contributed by atoms with Crippen molar-refractivity contribution in [1.29, 1.82) is 0 Å². The van der Waals surface area contributed by atoms with E-state index in [9.17, 15) is 14.4 Å². The van der Waals surface area contributed by atoms with Crippen LogP contribution in [-0.2, 0) is 10.2 Å². The Morgan fingerprint density at radius 1 is 1.11 bits per heavy atom. The Morgan fingerprint density at radius 2 is 1.86 bits per heavy atom. The number of aromatic nitrogens is 3. The van der Waals surface area contributed by atoms with E-state index in [1.165, 1.54) is 17.6 Å².